The lowest BCUT2D eigenvalue weighted by molar-refractivity contribution is 0.0305. The highest BCUT2D eigenvalue weighted by molar-refractivity contribution is 5.17. The van der Waals surface area contributed by atoms with Crippen LogP contribution in [0.5, 0.6) is 0 Å². The summed E-state index contributed by atoms with van der Waals surface area (Å²) in [5.74, 6) is 6.47. The van der Waals surface area contributed by atoms with E-state index in [2.05, 4.69) is 33.9 Å². The first kappa shape index (κ1) is 17.5. The van der Waals surface area contributed by atoms with Gasteiger partial charge in [-0.1, -0.05) is 24.3 Å². The van der Waals surface area contributed by atoms with Crippen molar-refractivity contribution in [2.45, 2.75) is 51.2 Å². The van der Waals surface area contributed by atoms with Crippen LogP contribution in [0.1, 0.15) is 51.1 Å². The van der Waals surface area contributed by atoms with Crippen LogP contribution in [0, 0.1) is 23.2 Å². The number of likely N-dealkylation sites (tertiary alicyclic amines) is 1. The number of aromatic nitrogens is 1. The Morgan fingerprint density at radius 3 is 3.04 bits per heavy atom. The summed E-state index contributed by atoms with van der Waals surface area (Å²) in [4.78, 5) is 6.68. The molecule has 1 aliphatic rings. The average molecular weight is 311 g/mol. The first-order chi connectivity index (χ1) is 11.1. The van der Waals surface area contributed by atoms with Crippen molar-refractivity contribution < 1.29 is 4.74 Å². The zero-order valence-corrected chi connectivity index (χ0v) is 14.1. The zero-order valence-electron chi connectivity index (χ0n) is 14.1. The predicted octanol–water partition coefficient (Wildman–Crippen LogP) is 3.32. The van der Waals surface area contributed by atoms with Crippen molar-refractivity contribution in [1.82, 2.24) is 9.88 Å². The molecule has 0 aliphatic carbocycles. The molecule has 1 fully saturated rings. The van der Waals surface area contributed by atoms with Gasteiger partial charge in [0.05, 0.1) is 25.6 Å². The first-order valence-corrected chi connectivity index (χ1v) is 8.27. The fourth-order valence-corrected chi connectivity index (χ4v) is 2.87. The second kappa shape index (κ2) is 8.67. The minimum absolute atomic E-state index is 0.403. The molecule has 0 aromatic carbocycles. The summed E-state index contributed by atoms with van der Waals surface area (Å²) < 4.78 is 5.65. The smallest absolute Gasteiger partial charge is 0.123 e. The number of nitriles is 1. The van der Waals surface area contributed by atoms with E-state index in [0.29, 0.717) is 19.1 Å². The Labute approximate surface area is 139 Å². The number of ether oxygens (including phenoxy) is 1. The van der Waals surface area contributed by atoms with E-state index in [1.54, 1.807) is 0 Å². The molecular weight excluding hydrogens is 286 g/mol. The van der Waals surface area contributed by atoms with Gasteiger partial charge in [-0.05, 0) is 44.9 Å². The minimum Gasteiger partial charge on any atom is -0.362 e. The van der Waals surface area contributed by atoms with Gasteiger partial charge in [-0.3, -0.25) is 9.88 Å². The summed E-state index contributed by atoms with van der Waals surface area (Å²) in [6.45, 7) is 6.15. The second-order valence-corrected chi connectivity index (χ2v) is 6.34. The fraction of sp³-hybridized carbons (Fsp3) is 0.579. The van der Waals surface area contributed by atoms with E-state index in [9.17, 15) is 0 Å². The van der Waals surface area contributed by atoms with E-state index >= 15 is 0 Å². The molecule has 1 unspecified atom stereocenters. The lowest BCUT2D eigenvalue weighted by Gasteiger charge is -2.34. The van der Waals surface area contributed by atoms with Crippen molar-refractivity contribution in [1.29, 1.82) is 5.26 Å². The molecule has 1 aromatic heterocycles. The van der Waals surface area contributed by atoms with E-state index in [4.69, 9.17) is 10.00 Å². The Balaban J connectivity index is 1.95. The van der Waals surface area contributed by atoms with Gasteiger partial charge in [-0.25, -0.2) is 0 Å². The van der Waals surface area contributed by atoms with Crippen molar-refractivity contribution in [2.24, 2.45) is 0 Å². The van der Waals surface area contributed by atoms with Crippen LogP contribution in [-0.4, -0.2) is 35.2 Å². The normalized spacial score (nSPS) is 18.7. The summed E-state index contributed by atoms with van der Waals surface area (Å²) in [6, 6.07) is 6.65. The molecule has 2 heterocycles. The second-order valence-electron chi connectivity index (χ2n) is 6.34. The number of rotatable bonds is 5. The molecule has 4 heteroatoms. The van der Waals surface area contributed by atoms with Crippen LogP contribution in [0.25, 0.3) is 0 Å². The number of piperidine rings is 1. The number of hydrogen-bond acceptors (Lipinski definition) is 4. The van der Waals surface area contributed by atoms with E-state index in [1.165, 1.54) is 18.4 Å². The van der Waals surface area contributed by atoms with E-state index in [0.717, 1.165) is 19.5 Å². The topological polar surface area (TPSA) is 49.2 Å². The highest BCUT2D eigenvalue weighted by Gasteiger charge is 2.23. The van der Waals surface area contributed by atoms with Gasteiger partial charge in [0.15, 0.2) is 0 Å². The van der Waals surface area contributed by atoms with Gasteiger partial charge in [-0.2, -0.15) is 5.26 Å². The predicted molar refractivity (Wildman–Crippen MR) is 90.4 cm³/mol. The molecule has 122 valence electrons. The number of nitrogens with zero attached hydrogens (tertiary/aromatic N) is 3. The zero-order chi connectivity index (χ0) is 16.5. The summed E-state index contributed by atoms with van der Waals surface area (Å²) in [5.41, 5.74) is 0.773. The maximum atomic E-state index is 8.57. The molecule has 1 aromatic rings. The third-order valence-corrected chi connectivity index (χ3v) is 4.03. The Kier molecular flexibility index (Phi) is 6.59. The Hall–Kier alpha value is -1.88. The van der Waals surface area contributed by atoms with E-state index < -0.39 is 5.60 Å². The van der Waals surface area contributed by atoms with Crippen LogP contribution in [0.15, 0.2) is 24.5 Å². The number of pyridine rings is 1. The van der Waals surface area contributed by atoms with Gasteiger partial charge in [0.2, 0.25) is 0 Å². The van der Waals surface area contributed by atoms with Crippen LogP contribution in [0.3, 0.4) is 0 Å². The largest absolute Gasteiger partial charge is 0.362 e. The molecule has 1 saturated heterocycles. The molecule has 23 heavy (non-hydrogen) atoms. The Bertz CT molecular complexity index is 580. The molecule has 0 spiro atoms. The van der Waals surface area contributed by atoms with Crippen molar-refractivity contribution >= 4 is 0 Å². The summed E-state index contributed by atoms with van der Waals surface area (Å²) in [6.07, 6.45) is 7.82. The Morgan fingerprint density at radius 1 is 1.43 bits per heavy atom. The van der Waals surface area contributed by atoms with Crippen molar-refractivity contribution in [3.63, 3.8) is 0 Å². The maximum absolute atomic E-state index is 8.57. The molecule has 4 nitrogen and oxygen atoms in total. The molecule has 0 saturated carbocycles. The molecule has 1 aliphatic heterocycles. The van der Waals surface area contributed by atoms with E-state index in [1.807, 2.05) is 32.3 Å². The lowest BCUT2D eigenvalue weighted by Crippen LogP contribution is -2.34. The molecule has 0 bridgehead atoms. The van der Waals surface area contributed by atoms with Gasteiger partial charge in [0.25, 0.3) is 0 Å². The molecular formula is C19H25N3O. The van der Waals surface area contributed by atoms with Gasteiger partial charge >= 0.3 is 0 Å². The summed E-state index contributed by atoms with van der Waals surface area (Å²) in [7, 11) is 0. The van der Waals surface area contributed by atoms with Crippen LogP contribution in [0.4, 0.5) is 0 Å². The van der Waals surface area contributed by atoms with Gasteiger partial charge in [0, 0.05) is 18.4 Å². The third kappa shape index (κ3) is 5.67. The monoisotopic (exact) mass is 311 g/mol. The minimum atomic E-state index is -0.504. The Morgan fingerprint density at radius 2 is 2.30 bits per heavy atom. The first-order valence-electron chi connectivity index (χ1n) is 8.27. The van der Waals surface area contributed by atoms with Gasteiger partial charge in [0.1, 0.15) is 5.60 Å². The molecule has 1 atom stereocenters. The van der Waals surface area contributed by atoms with Crippen LogP contribution in [0.2, 0.25) is 0 Å². The van der Waals surface area contributed by atoms with Gasteiger partial charge < -0.3 is 4.74 Å². The molecule has 0 radical (unpaired) electrons. The summed E-state index contributed by atoms with van der Waals surface area (Å²) in [5, 5.41) is 8.57. The molecule has 2 rings (SSSR count). The highest BCUT2D eigenvalue weighted by Crippen LogP contribution is 2.29. The van der Waals surface area contributed by atoms with E-state index in [-0.39, 0.29) is 0 Å². The van der Waals surface area contributed by atoms with Crippen molar-refractivity contribution in [2.75, 3.05) is 19.7 Å². The number of hydrogen-bond donors (Lipinski definition) is 0. The van der Waals surface area contributed by atoms with Crippen LogP contribution in [-0.2, 0) is 4.74 Å². The molecule has 0 N–H and O–H groups in total. The highest BCUT2D eigenvalue weighted by atomic mass is 16.5. The van der Waals surface area contributed by atoms with Crippen LogP contribution >= 0.6 is 0 Å². The fourth-order valence-electron chi connectivity index (χ4n) is 2.87. The van der Waals surface area contributed by atoms with Crippen molar-refractivity contribution in [3.05, 3.63) is 30.1 Å². The van der Waals surface area contributed by atoms with Crippen molar-refractivity contribution in [3.8, 4) is 17.9 Å². The SMILES string of the molecule is CC(C)(C#CCN1CCCCC1c1cccnc1)OCCC#N. The standard InChI is InChI=1S/C19H25N3O/c1-19(2,23-15-7-11-20)10-6-14-22-13-4-3-9-18(22)17-8-5-12-21-16-17/h5,8,12,16,18H,3-4,7,9,13-15H2,1-2H3. The van der Waals surface area contributed by atoms with Crippen LogP contribution < -0.4 is 0 Å². The molecule has 0 amide bonds. The van der Waals surface area contributed by atoms with Gasteiger partial charge in [-0.15, -0.1) is 0 Å². The lowest BCUT2D eigenvalue weighted by atomic mass is 9.96. The average Bonchev–Trinajstić information content (AvgIpc) is 2.56. The maximum Gasteiger partial charge on any atom is 0.123 e. The quantitative estimate of drug-likeness (QED) is 0.618. The summed E-state index contributed by atoms with van der Waals surface area (Å²) >= 11 is 0. The third-order valence-electron chi connectivity index (χ3n) is 4.03.